The Labute approximate surface area is 159 Å². The monoisotopic (exact) mass is 363 g/mol. The average Bonchev–Trinajstić information content (AvgIpc) is 3.06. The summed E-state index contributed by atoms with van der Waals surface area (Å²) in [5.41, 5.74) is 3.94. The van der Waals surface area contributed by atoms with E-state index >= 15 is 0 Å². The van der Waals surface area contributed by atoms with Crippen molar-refractivity contribution in [2.24, 2.45) is 0 Å². The zero-order valence-corrected chi connectivity index (χ0v) is 16.0. The van der Waals surface area contributed by atoms with Gasteiger partial charge >= 0.3 is 0 Å². The van der Waals surface area contributed by atoms with Gasteiger partial charge in [0, 0.05) is 31.7 Å². The molecule has 1 aliphatic heterocycles. The van der Waals surface area contributed by atoms with Gasteiger partial charge in [-0.3, -0.25) is 4.79 Å². The van der Waals surface area contributed by atoms with Crippen LogP contribution < -0.4 is 15.0 Å². The minimum absolute atomic E-state index is 0.0504. The van der Waals surface area contributed by atoms with Crippen LogP contribution in [-0.2, 0) is 13.1 Å². The molecular weight excluding hydrogens is 338 g/mol. The lowest BCUT2D eigenvalue weighted by Crippen LogP contribution is -2.31. The van der Waals surface area contributed by atoms with Crippen LogP contribution in [0, 0.1) is 0 Å². The van der Waals surface area contributed by atoms with Gasteiger partial charge < -0.3 is 19.5 Å². The highest BCUT2D eigenvalue weighted by Crippen LogP contribution is 2.34. The van der Waals surface area contributed by atoms with Crippen molar-refractivity contribution in [3.63, 3.8) is 0 Å². The minimum Gasteiger partial charge on any atom is -0.486 e. The van der Waals surface area contributed by atoms with Gasteiger partial charge in [-0.05, 0) is 36.2 Å². The summed E-state index contributed by atoms with van der Waals surface area (Å²) in [6.45, 7) is 3.32. The predicted octanol–water partition coefficient (Wildman–Crippen LogP) is 3.81. The largest absolute Gasteiger partial charge is 0.486 e. The Kier molecular flexibility index (Phi) is 4.52. The van der Waals surface area contributed by atoms with Crippen molar-refractivity contribution in [1.29, 1.82) is 0 Å². The fraction of sp³-hybridized carbons (Fsp3) is 0.318. The van der Waals surface area contributed by atoms with E-state index in [4.69, 9.17) is 4.74 Å². The summed E-state index contributed by atoms with van der Waals surface area (Å²) in [5, 5.41) is 4.11. The summed E-state index contributed by atoms with van der Waals surface area (Å²) >= 11 is 0. The maximum Gasteiger partial charge on any atom is 0.268 e. The van der Waals surface area contributed by atoms with E-state index in [0.29, 0.717) is 18.8 Å². The Morgan fingerprint density at radius 3 is 2.70 bits per heavy atom. The standard InChI is InChI=1S/C22H25N3O2/c1-4-18-14-25-19(12-16-6-5-7-20(27-18)21(16)25)22(26)23-13-15-8-10-17(11-9-15)24(2)3/h5-12,18H,4,13-14H2,1-3H3,(H,23,26). The van der Waals surface area contributed by atoms with Gasteiger partial charge in [0.15, 0.2) is 0 Å². The fourth-order valence-corrected chi connectivity index (χ4v) is 3.58. The van der Waals surface area contributed by atoms with Gasteiger partial charge in [-0.2, -0.15) is 0 Å². The SMILES string of the molecule is CCC1Cn2c(C(=O)NCc3ccc(N(C)C)cc3)cc3cccc(c32)O1. The molecule has 1 aromatic heterocycles. The second-order valence-electron chi connectivity index (χ2n) is 7.23. The van der Waals surface area contributed by atoms with Crippen LogP contribution in [0.15, 0.2) is 48.5 Å². The molecule has 1 amide bonds. The number of nitrogens with zero attached hydrogens (tertiary/aromatic N) is 2. The number of ether oxygens (including phenoxy) is 1. The van der Waals surface area contributed by atoms with Gasteiger partial charge in [-0.15, -0.1) is 0 Å². The summed E-state index contributed by atoms with van der Waals surface area (Å²) in [7, 11) is 4.03. The molecule has 0 fully saturated rings. The van der Waals surface area contributed by atoms with Crippen LogP contribution in [0.25, 0.3) is 10.9 Å². The quantitative estimate of drug-likeness (QED) is 0.750. The van der Waals surface area contributed by atoms with Crippen molar-refractivity contribution in [3.8, 4) is 5.75 Å². The van der Waals surface area contributed by atoms with Crippen molar-refractivity contribution in [1.82, 2.24) is 9.88 Å². The van der Waals surface area contributed by atoms with Crippen LogP contribution in [0.2, 0.25) is 0 Å². The maximum atomic E-state index is 12.9. The number of anilines is 1. The van der Waals surface area contributed by atoms with Gasteiger partial charge in [0.1, 0.15) is 17.5 Å². The highest BCUT2D eigenvalue weighted by molar-refractivity contribution is 6.00. The topological polar surface area (TPSA) is 46.5 Å². The van der Waals surface area contributed by atoms with Gasteiger partial charge in [0.2, 0.25) is 0 Å². The lowest BCUT2D eigenvalue weighted by atomic mass is 10.2. The number of hydrogen-bond donors (Lipinski definition) is 1. The van der Waals surface area contributed by atoms with Crippen molar-refractivity contribution >= 4 is 22.5 Å². The van der Waals surface area contributed by atoms with Crippen LogP contribution in [0.3, 0.4) is 0 Å². The minimum atomic E-state index is -0.0504. The molecule has 0 saturated heterocycles. The number of benzene rings is 2. The molecule has 0 saturated carbocycles. The van der Waals surface area contributed by atoms with Crippen molar-refractivity contribution in [2.75, 3.05) is 19.0 Å². The smallest absolute Gasteiger partial charge is 0.268 e. The first-order valence-electron chi connectivity index (χ1n) is 9.40. The molecule has 5 nitrogen and oxygen atoms in total. The molecule has 27 heavy (non-hydrogen) atoms. The third-order valence-electron chi connectivity index (χ3n) is 5.16. The highest BCUT2D eigenvalue weighted by atomic mass is 16.5. The first-order chi connectivity index (χ1) is 13.1. The number of carbonyl (C=O) groups is 1. The third-order valence-corrected chi connectivity index (χ3v) is 5.16. The zero-order valence-electron chi connectivity index (χ0n) is 16.0. The fourth-order valence-electron chi connectivity index (χ4n) is 3.58. The van der Waals surface area contributed by atoms with E-state index in [1.807, 2.05) is 50.5 Å². The van der Waals surface area contributed by atoms with Crippen LogP contribution >= 0.6 is 0 Å². The molecule has 0 radical (unpaired) electrons. The number of aromatic nitrogens is 1. The third kappa shape index (κ3) is 3.25. The van der Waals surface area contributed by atoms with E-state index in [0.717, 1.165) is 34.3 Å². The lowest BCUT2D eigenvalue weighted by Gasteiger charge is -2.26. The molecule has 4 rings (SSSR count). The molecule has 3 aromatic rings. The highest BCUT2D eigenvalue weighted by Gasteiger charge is 2.25. The van der Waals surface area contributed by atoms with Crippen molar-refractivity contribution in [2.45, 2.75) is 32.5 Å². The maximum absolute atomic E-state index is 12.9. The second-order valence-corrected chi connectivity index (χ2v) is 7.23. The summed E-state index contributed by atoms with van der Waals surface area (Å²) in [5.74, 6) is 0.814. The first kappa shape index (κ1) is 17.5. The van der Waals surface area contributed by atoms with Gasteiger partial charge in [0.05, 0.1) is 12.1 Å². The lowest BCUT2D eigenvalue weighted by molar-refractivity contribution is 0.0935. The Morgan fingerprint density at radius 2 is 2.00 bits per heavy atom. The number of rotatable bonds is 5. The van der Waals surface area contributed by atoms with Gasteiger partial charge in [0.25, 0.3) is 5.91 Å². The molecule has 1 N–H and O–H groups in total. The van der Waals surface area contributed by atoms with Crippen LogP contribution in [0.4, 0.5) is 5.69 Å². The number of hydrogen-bond acceptors (Lipinski definition) is 3. The number of carbonyl (C=O) groups excluding carboxylic acids is 1. The van der Waals surface area contributed by atoms with Crippen LogP contribution in [0.5, 0.6) is 5.75 Å². The van der Waals surface area contributed by atoms with E-state index in [1.165, 1.54) is 0 Å². The normalized spacial score (nSPS) is 15.4. The number of amides is 1. The Morgan fingerprint density at radius 1 is 1.22 bits per heavy atom. The Bertz CT molecular complexity index is 973. The summed E-state index contributed by atoms with van der Waals surface area (Å²) in [6, 6.07) is 16.2. The second kappa shape index (κ2) is 6.99. The van der Waals surface area contributed by atoms with Crippen molar-refractivity contribution < 1.29 is 9.53 Å². The Hall–Kier alpha value is -2.95. The molecule has 0 spiro atoms. The molecule has 1 unspecified atom stereocenters. The predicted molar refractivity (Wildman–Crippen MR) is 109 cm³/mol. The summed E-state index contributed by atoms with van der Waals surface area (Å²) in [6.07, 6.45) is 1.01. The molecule has 140 valence electrons. The molecule has 0 aliphatic carbocycles. The van der Waals surface area contributed by atoms with E-state index in [-0.39, 0.29) is 12.0 Å². The average molecular weight is 363 g/mol. The zero-order chi connectivity index (χ0) is 19.0. The Balaban J connectivity index is 1.56. The number of para-hydroxylation sites is 1. The molecule has 5 heteroatoms. The van der Waals surface area contributed by atoms with Crippen LogP contribution in [0.1, 0.15) is 29.4 Å². The molecule has 2 heterocycles. The number of nitrogens with one attached hydrogen (secondary N) is 1. The van der Waals surface area contributed by atoms with E-state index in [2.05, 4.69) is 33.8 Å². The van der Waals surface area contributed by atoms with Crippen LogP contribution in [-0.4, -0.2) is 30.7 Å². The first-order valence-corrected chi connectivity index (χ1v) is 9.40. The molecular formula is C22H25N3O2. The van der Waals surface area contributed by atoms with Gasteiger partial charge in [-0.25, -0.2) is 0 Å². The molecule has 1 aliphatic rings. The summed E-state index contributed by atoms with van der Waals surface area (Å²) < 4.78 is 8.15. The van der Waals surface area contributed by atoms with E-state index in [9.17, 15) is 4.79 Å². The summed E-state index contributed by atoms with van der Waals surface area (Å²) in [4.78, 5) is 15.0. The molecule has 1 atom stereocenters. The van der Waals surface area contributed by atoms with E-state index in [1.54, 1.807) is 0 Å². The molecule has 0 bridgehead atoms. The van der Waals surface area contributed by atoms with E-state index < -0.39 is 0 Å². The molecule has 2 aromatic carbocycles. The van der Waals surface area contributed by atoms with Gasteiger partial charge in [-0.1, -0.05) is 31.2 Å². The van der Waals surface area contributed by atoms with Crippen molar-refractivity contribution in [3.05, 3.63) is 59.8 Å².